The Kier molecular flexibility index (Phi) is 6.17. The molecule has 0 aliphatic heterocycles. The molecule has 0 amide bonds. The number of hydrogen-bond acceptors (Lipinski definition) is 5. The zero-order valence-electron chi connectivity index (χ0n) is 13.6. The van der Waals surface area contributed by atoms with Gasteiger partial charge in [-0.3, -0.25) is 5.10 Å². The number of fused-ring (bicyclic) bond motifs is 1. The molecule has 1 aromatic heterocycles. The Morgan fingerprint density at radius 1 is 1.12 bits per heavy atom. The average Bonchev–Trinajstić information content (AvgIpc) is 3.00. The van der Waals surface area contributed by atoms with Gasteiger partial charge in [0.15, 0.2) is 0 Å². The first kappa shape index (κ1) is 19.1. The van der Waals surface area contributed by atoms with Crippen LogP contribution in [0.1, 0.15) is 36.8 Å². The Balaban J connectivity index is 0.00000208. The van der Waals surface area contributed by atoms with Crippen LogP contribution in [0.15, 0.2) is 47.4 Å². The smallest absolute Gasteiger partial charge is 0.744 e. The Bertz CT molecular complexity index is 940. The quantitative estimate of drug-likeness (QED) is 0.506. The van der Waals surface area contributed by atoms with E-state index in [4.69, 9.17) is 0 Å². The van der Waals surface area contributed by atoms with Crippen molar-refractivity contribution in [3.05, 3.63) is 53.6 Å². The summed E-state index contributed by atoms with van der Waals surface area (Å²) in [5.74, 6) is -0.228. The number of rotatable bonds is 5. The molecule has 2 aromatic carbocycles. The van der Waals surface area contributed by atoms with Crippen LogP contribution >= 0.6 is 0 Å². The van der Waals surface area contributed by atoms with Crippen LogP contribution in [0.4, 0.5) is 0 Å². The molecule has 0 bridgehead atoms. The number of aromatic nitrogens is 3. The molecule has 24 heavy (non-hydrogen) atoms. The third kappa shape index (κ3) is 3.70. The number of H-pyrrole nitrogens is 1. The van der Waals surface area contributed by atoms with Crippen molar-refractivity contribution in [2.24, 2.45) is 0 Å². The second-order valence-electron chi connectivity index (χ2n) is 5.39. The van der Waals surface area contributed by atoms with Crippen LogP contribution in [0.2, 0.25) is 0 Å². The van der Waals surface area contributed by atoms with Crippen LogP contribution in [0.3, 0.4) is 0 Å². The first-order chi connectivity index (χ1) is 11.0. The molecule has 120 valence electrons. The molecule has 0 saturated heterocycles. The molecule has 0 aliphatic carbocycles. The van der Waals surface area contributed by atoms with Crippen molar-refractivity contribution >= 4 is 21.2 Å². The number of hydrogen-bond donors (Lipinski definition) is 1. The van der Waals surface area contributed by atoms with Crippen molar-refractivity contribution in [2.45, 2.75) is 30.6 Å². The molecule has 0 radical (unpaired) electrons. The summed E-state index contributed by atoms with van der Waals surface area (Å²) in [4.78, 5) is -0.168. The summed E-state index contributed by atoms with van der Waals surface area (Å²) in [6, 6.07) is 12.0. The largest absolute Gasteiger partial charge is 1.00 e. The van der Waals surface area contributed by atoms with Crippen LogP contribution in [0.25, 0.3) is 11.0 Å². The zero-order chi connectivity index (χ0) is 16.4. The van der Waals surface area contributed by atoms with Crippen LogP contribution in [-0.4, -0.2) is 28.4 Å². The molecule has 6 nitrogen and oxygen atoms in total. The van der Waals surface area contributed by atoms with E-state index in [0.29, 0.717) is 17.5 Å². The van der Waals surface area contributed by atoms with Gasteiger partial charge in [-0.2, -0.15) is 0 Å². The number of nitrogens with zero attached hydrogens (tertiary/aromatic N) is 2. The van der Waals surface area contributed by atoms with Gasteiger partial charge in [0, 0.05) is 5.92 Å². The van der Waals surface area contributed by atoms with Crippen molar-refractivity contribution in [1.82, 2.24) is 15.4 Å². The summed E-state index contributed by atoms with van der Waals surface area (Å²) in [5, 5.41) is 10.7. The first-order valence-electron chi connectivity index (χ1n) is 7.37. The van der Waals surface area contributed by atoms with Gasteiger partial charge in [-0.25, -0.2) is 8.42 Å². The second kappa shape index (κ2) is 7.76. The van der Waals surface area contributed by atoms with E-state index < -0.39 is 10.1 Å². The van der Waals surface area contributed by atoms with Gasteiger partial charge < -0.3 is 4.55 Å². The average molecular weight is 353 g/mol. The predicted octanol–water partition coefficient (Wildman–Crippen LogP) is -0.202. The van der Waals surface area contributed by atoms with Crippen molar-refractivity contribution in [3.8, 4) is 0 Å². The van der Waals surface area contributed by atoms with Gasteiger partial charge in [0.2, 0.25) is 0 Å². The number of aromatic amines is 1. The Morgan fingerprint density at radius 3 is 2.54 bits per heavy atom. The van der Waals surface area contributed by atoms with E-state index in [1.165, 1.54) is 6.07 Å². The normalized spacial score (nSPS) is 12.8. The summed E-state index contributed by atoms with van der Waals surface area (Å²) < 4.78 is 34.9. The maximum Gasteiger partial charge on any atom is 1.00 e. The summed E-state index contributed by atoms with van der Waals surface area (Å²) in [7, 11) is -4.54. The molecule has 3 rings (SSSR count). The Labute approximate surface area is 162 Å². The van der Waals surface area contributed by atoms with E-state index in [0.717, 1.165) is 17.5 Å². The third-order valence-electron chi connectivity index (χ3n) is 3.90. The molecule has 0 saturated carbocycles. The van der Waals surface area contributed by atoms with Crippen LogP contribution in [0.5, 0.6) is 0 Å². The minimum absolute atomic E-state index is 0. The molecular weight excluding hydrogens is 337 g/mol. The van der Waals surface area contributed by atoms with Gasteiger partial charge in [0.1, 0.15) is 15.6 Å². The maximum atomic E-state index is 11.6. The molecule has 3 aromatic rings. The first-order valence-corrected chi connectivity index (χ1v) is 8.77. The van der Waals surface area contributed by atoms with E-state index in [1.807, 2.05) is 25.1 Å². The SMILES string of the molecule is CCCC(c1ccccc1S(=O)(=O)[O-])c1cccc2[nH]nnc12.[Na+]. The fraction of sp³-hybridized carbons (Fsp3) is 0.250. The summed E-state index contributed by atoms with van der Waals surface area (Å²) in [6.45, 7) is 2.02. The molecule has 1 N–H and O–H groups in total. The monoisotopic (exact) mass is 353 g/mol. The van der Waals surface area contributed by atoms with E-state index in [1.54, 1.807) is 18.2 Å². The van der Waals surface area contributed by atoms with Crippen molar-refractivity contribution in [1.29, 1.82) is 0 Å². The molecule has 8 heteroatoms. The second-order valence-corrected chi connectivity index (χ2v) is 6.74. The van der Waals surface area contributed by atoms with Crippen molar-refractivity contribution in [3.63, 3.8) is 0 Å². The van der Waals surface area contributed by atoms with Gasteiger partial charge in [-0.1, -0.05) is 48.9 Å². The summed E-state index contributed by atoms with van der Waals surface area (Å²) in [5.41, 5.74) is 2.86. The van der Waals surface area contributed by atoms with Crippen molar-refractivity contribution in [2.75, 3.05) is 0 Å². The van der Waals surface area contributed by atoms with Gasteiger partial charge in [0.25, 0.3) is 0 Å². The predicted molar refractivity (Wildman–Crippen MR) is 85.0 cm³/mol. The number of benzene rings is 2. The fourth-order valence-electron chi connectivity index (χ4n) is 2.94. The van der Waals surface area contributed by atoms with Gasteiger partial charge in [0.05, 0.1) is 10.4 Å². The molecule has 0 fully saturated rings. The minimum Gasteiger partial charge on any atom is -0.744 e. The third-order valence-corrected chi connectivity index (χ3v) is 4.81. The summed E-state index contributed by atoms with van der Waals surface area (Å²) >= 11 is 0. The van der Waals surface area contributed by atoms with Crippen LogP contribution in [-0.2, 0) is 10.1 Å². The molecule has 0 aliphatic rings. The van der Waals surface area contributed by atoms with E-state index in [9.17, 15) is 13.0 Å². The van der Waals surface area contributed by atoms with Gasteiger partial charge in [-0.05, 0) is 29.7 Å². The fourth-order valence-corrected chi connectivity index (χ4v) is 3.68. The Hall–Kier alpha value is -1.25. The van der Waals surface area contributed by atoms with Crippen LogP contribution < -0.4 is 29.6 Å². The molecule has 1 heterocycles. The zero-order valence-corrected chi connectivity index (χ0v) is 16.4. The summed E-state index contributed by atoms with van der Waals surface area (Å²) in [6.07, 6.45) is 1.55. The standard InChI is InChI=1S/C16H17N3O3S.Na/c1-2-6-11(12-7-3-4-10-15(12)23(20,21)22)13-8-5-9-14-16(13)18-19-17-14;/h3-5,7-11H,2,6H2,1H3,(H,17,18,19)(H,20,21,22);/q;+1/p-1. The number of nitrogens with one attached hydrogen (secondary N) is 1. The van der Waals surface area contributed by atoms with E-state index >= 15 is 0 Å². The van der Waals surface area contributed by atoms with Gasteiger partial charge >= 0.3 is 29.6 Å². The molecular formula is C16H16N3NaO3S. The molecule has 1 unspecified atom stereocenters. The molecule has 1 atom stereocenters. The van der Waals surface area contributed by atoms with Crippen LogP contribution in [0, 0.1) is 0 Å². The van der Waals surface area contributed by atoms with Gasteiger partial charge in [-0.15, -0.1) is 5.10 Å². The van der Waals surface area contributed by atoms with E-state index in [2.05, 4.69) is 15.4 Å². The maximum absolute atomic E-state index is 11.6. The van der Waals surface area contributed by atoms with E-state index in [-0.39, 0.29) is 40.4 Å². The topological polar surface area (TPSA) is 98.8 Å². The van der Waals surface area contributed by atoms with Crippen molar-refractivity contribution < 1.29 is 42.5 Å². The minimum atomic E-state index is -4.54. The Morgan fingerprint density at radius 2 is 1.83 bits per heavy atom. The molecule has 0 spiro atoms.